The molecule has 0 aromatic rings. The molecule has 0 radical (unpaired) electrons. The summed E-state index contributed by atoms with van der Waals surface area (Å²) in [6.07, 6.45) is -2.64. The van der Waals surface area contributed by atoms with E-state index in [9.17, 15) is 22.4 Å². The third-order valence-electron chi connectivity index (χ3n) is 2.19. The van der Waals surface area contributed by atoms with E-state index >= 15 is 0 Å². The van der Waals surface area contributed by atoms with Gasteiger partial charge in [-0.2, -0.15) is 8.78 Å². The van der Waals surface area contributed by atoms with E-state index in [0.717, 1.165) is 4.90 Å². The highest BCUT2D eigenvalue weighted by molar-refractivity contribution is 9.10. The number of amides is 1. The van der Waals surface area contributed by atoms with Gasteiger partial charge in [-0.05, 0) is 12.8 Å². The monoisotopic (exact) mass is 291 g/mol. The van der Waals surface area contributed by atoms with Gasteiger partial charge in [-0.3, -0.25) is 4.79 Å². The number of likely N-dealkylation sites (tertiary alicyclic amines) is 1. The van der Waals surface area contributed by atoms with Crippen molar-refractivity contribution in [2.75, 3.05) is 13.1 Å². The van der Waals surface area contributed by atoms with Crippen LogP contribution in [0.1, 0.15) is 12.8 Å². The second-order valence-electron chi connectivity index (χ2n) is 3.43. The molecule has 0 aliphatic carbocycles. The van der Waals surface area contributed by atoms with Crippen LogP contribution in [0.4, 0.5) is 17.6 Å². The number of alkyl halides is 5. The first-order valence-electron chi connectivity index (χ1n) is 4.43. The van der Waals surface area contributed by atoms with Crippen LogP contribution in [0, 0.1) is 0 Å². The van der Waals surface area contributed by atoms with Crippen molar-refractivity contribution in [3.05, 3.63) is 0 Å². The van der Waals surface area contributed by atoms with Gasteiger partial charge in [0.25, 0.3) is 0 Å². The first kappa shape index (κ1) is 12.7. The van der Waals surface area contributed by atoms with E-state index in [4.69, 9.17) is 0 Å². The minimum atomic E-state index is -4.13. The zero-order valence-electron chi connectivity index (χ0n) is 7.73. The number of rotatable bonds is 3. The molecule has 1 aliphatic rings. The van der Waals surface area contributed by atoms with Crippen LogP contribution in [-0.4, -0.2) is 41.1 Å². The van der Waals surface area contributed by atoms with Crippen molar-refractivity contribution >= 4 is 21.8 Å². The van der Waals surface area contributed by atoms with Crippen molar-refractivity contribution in [3.63, 3.8) is 0 Å². The summed E-state index contributed by atoms with van der Waals surface area (Å²) < 4.78 is 49.1. The van der Waals surface area contributed by atoms with Crippen LogP contribution in [-0.2, 0) is 4.79 Å². The zero-order valence-corrected chi connectivity index (χ0v) is 9.31. The van der Waals surface area contributed by atoms with Crippen LogP contribution in [0.5, 0.6) is 0 Å². The molecule has 0 saturated carbocycles. The maximum atomic E-state index is 12.7. The standard InChI is InChI=1S/C8H10BrF4NO/c9-5-2-1-3-14(6(5)15)4-8(12,13)7(10)11/h5,7H,1-4H2. The summed E-state index contributed by atoms with van der Waals surface area (Å²) >= 11 is 3.02. The second kappa shape index (κ2) is 4.67. The highest BCUT2D eigenvalue weighted by Crippen LogP contribution is 2.27. The number of nitrogens with zero attached hydrogens (tertiary/aromatic N) is 1. The fraction of sp³-hybridized carbons (Fsp3) is 0.875. The maximum Gasteiger partial charge on any atom is 0.324 e. The van der Waals surface area contributed by atoms with E-state index in [1.54, 1.807) is 0 Å². The first-order chi connectivity index (χ1) is 6.84. The number of hydrogen-bond acceptors (Lipinski definition) is 1. The van der Waals surface area contributed by atoms with E-state index in [1.165, 1.54) is 0 Å². The molecule has 0 aromatic heterocycles. The Morgan fingerprint density at radius 1 is 1.53 bits per heavy atom. The van der Waals surface area contributed by atoms with Gasteiger partial charge in [-0.15, -0.1) is 0 Å². The van der Waals surface area contributed by atoms with Crippen LogP contribution < -0.4 is 0 Å². The Hall–Kier alpha value is -0.330. The maximum absolute atomic E-state index is 12.7. The fourth-order valence-corrected chi connectivity index (χ4v) is 1.99. The number of carbonyl (C=O) groups excluding carboxylic acids is 1. The van der Waals surface area contributed by atoms with Gasteiger partial charge in [0.1, 0.15) is 0 Å². The lowest BCUT2D eigenvalue weighted by Gasteiger charge is -2.32. The summed E-state index contributed by atoms with van der Waals surface area (Å²) in [6.45, 7) is -1.09. The van der Waals surface area contributed by atoms with Crippen LogP contribution in [0.3, 0.4) is 0 Å². The molecule has 1 unspecified atom stereocenters. The lowest BCUT2D eigenvalue weighted by molar-refractivity contribution is -0.158. The number of hydrogen-bond donors (Lipinski definition) is 0. The fourth-order valence-electron chi connectivity index (χ4n) is 1.37. The first-order valence-corrected chi connectivity index (χ1v) is 5.35. The molecule has 0 aromatic carbocycles. The predicted octanol–water partition coefficient (Wildman–Crippen LogP) is 2.27. The van der Waals surface area contributed by atoms with Gasteiger partial charge in [0.2, 0.25) is 5.91 Å². The minimum absolute atomic E-state index is 0.114. The highest BCUT2D eigenvalue weighted by atomic mass is 79.9. The lowest BCUT2D eigenvalue weighted by Crippen LogP contribution is -2.49. The molecular formula is C8H10BrF4NO. The predicted molar refractivity (Wildman–Crippen MR) is 49.5 cm³/mol. The normalized spacial score (nSPS) is 23.7. The Kier molecular flexibility index (Phi) is 3.97. The van der Waals surface area contributed by atoms with Crippen molar-refractivity contribution in [2.24, 2.45) is 0 Å². The molecule has 0 N–H and O–H groups in total. The van der Waals surface area contributed by atoms with Gasteiger partial charge in [-0.1, -0.05) is 15.9 Å². The van der Waals surface area contributed by atoms with E-state index in [-0.39, 0.29) is 6.54 Å². The van der Waals surface area contributed by atoms with Gasteiger partial charge in [0.05, 0.1) is 11.4 Å². The molecule has 0 bridgehead atoms. The molecule has 88 valence electrons. The molecule has 1 atom stereocenters. The Morgan fingerprint density at radius 2 is 2.13 bits per heavy atom. The van der Waals surface area contributed by atoms with Gasteiger partial charge < -0.3 is 4.90 Å². The van der Waals surface area contributed by atoms with Crippen molar-refractivity contribution < 1.29 is 22.4 Å². The Labute approximate surface area is 92.7 Å². The van der Waals surface area contributed by atoms with E-state index in [0.29, 0.717) is 12.8 Å². The van der Waals surface area contributed by atoms with E-state index in [1.807, 2.05) is 0 Å². The topological polar surface area (TPSA) is 20.3 Å². The van der Waals surface area contributed by atoms with Gasteiger partial charge in [0.15, 0.2) is 0 Å². The molecule has 15 heavy (non-hydrogen) atoms. The summed E-state index contributed by atoms with van der Waals surface area (Å²) in [4.78, 5) is 11.6. The molecule has 2 nitrogen and oxygen atoms in total. The van der Waals surface area contributed by atoms with E-state index in [2.05, 4.69) is 15.9 Å². The third kappa shape index (κ3) is 3.06. The second-order valence-corrected chi connectivity index (χ2v) is 4.54. The molecule has 7 heteroatoms. The summed E-state index contributed by atoms with van der Waals surface area (Å²) in [5, 5.41) is 0. The van der Waals surface area contributed by atoms with Crippen molar-refractivity contribution in [1.82, 2.24) is 4.90 Å². The van der Waals surface area contributed by atoms with E-state index < -0.39 is 29.6 Å². The van der Waals surface area contributed by atoms with Crippen LogP contribution in [0.2, 0.25) is 0 Å². The smallest absolute Gasteiger partial charge is 0.324 e. The summed E-state index contributed by atoms with van der Waals surface area (Å²) in [6, 6.07) is 0. The summed E-state index contributed by atoms with van der Waals surface area (Å²) in [5.41, 5.74) is 0. The third-order valence-corrected chi connectivity index (χ3v) is 3.04. The minimum Gasteiger partial charge on any atom is -0.335 e. The molecular weight excluding hydrogens is 282 g/mol. The van der Waals surface area contributed by atoms with Gasteiger partial charge in [-0.25, -0.2) is 8.78 Å². The number of piperidine rings is 1. The summed E-state index contributed by atoms with van der Waals surface area (Å²) in [5.74, 6) is -4.67. The number of carbonyl (C=O) groups is 1. The average molecular weight is 292 g/mol. The highest BCUT2D eigenvalue weighted by Gasteiger charge is 2.44. The largest absolute Gasteiger partial charge is 0.335 e. The van der Waals surface area contributed by atoms with Gasteiger partial charge in [0, 0.05) is 6.54 Å². The van der Waals surface area contributed by atoms with Crippen LogP contribution >= 0.6 is 15.9 Å². The van der Waals surface area contributed by atoms with Crippen molar-refractivity contribution in [2.45, 2.75) is 30.0 Å². The quantitative estimate of drug-likeness (QED) is 0.577. The molecule has 1 rings (SSSR count). The SMILES string of the molecule is O=C1C(Br)CCCN1CC(F)(F)C(F)F. The summed E-state index contributed by atoms with van der Waals surface area (Å²) in [7, 11) is 0. The van der Waals surface area contributed by atoms with Crippen molar-refractivity contribution in [3.8, 4) is 0 Å². The van der Waals surface area contributed by atoms with Crippen molar-refractivity contribution in [1.29, 1.82) is 0 Å². The molecule has 1 heterocycles. The van der Waals surface area contributed by atoms with Crippen LogP contribution in [0.15, 0.2) is 0 Å². The molecule has 1 fully saturated rings. The Balaban J connectivity index is 2.61. The lowest BCUT2D eigenvalue weighted by atomic mass is 10.1. The molecule has 1 saturated heterocycles. The molecule has 1 amide bonds. The molecule has 0 spiro atoms. The Bertz CT molecular complexity index is 249. The van der Waals surface area contributed by atoms with Gasteiger partial charge >= 0.3 is 12.3 Å². The zero-order chi connectivity index (χ0) is 11.6. The van der Waals surface area contributed by atoms with Crippen LogP contribution in [0.25, 0.3) is 0 Å². The number of halogens is 5. The average Bonchev–Trinajstić information content (AvgIpc) is 2.12. The Morgan fingerprint density at radius 3 is 2.67 bits per heavy atom. The molecule has 1 aliphatic heterocycles.